The Labute approximate surface area is 121 Å². The zero-order valence-corrected chi connectivity index (χ0v) is 13.0. The number of nitrogen functional groups attached to an aromatic ring is 1. The van der Waals surface area contributed by atoms with E-state index in [1.165, 1.54) is 23.5 Å². The van der Waals surface area contributed by atoms with Gasteiger partial charge >= 0.3 is 0 Å². The van der Waals surface area contributed by atoms with E-state index in [-0.39, 0.29) is 22.9 Å². The van der Waals surface area contributed by atoms with E-state index >= 15 is 0 Å². The molecule has 0 spiro atoms. The van der Waals surface area contributed by atoms with Crippen LogP contribution in [0.3, 0.4) is 0 Å². The van der Waals surface area contributed by atoms with Crippen LogP contribution in [0.25, 0.3) is 0 Å². The first kappa shape index (κ1) is 15.8. The molecule has 1 aromatic rings. The summed E-state index contributed by atoms with van der Waals surface area (Å²) in [5, 5.41) is 10.0. The highest BCUT2D eigenvalue weighted by Crippen LogP contribution is 2.28. The van der Waals surface area contributed by atoms with Gasteiger partial charge in [-0.2, -0.15) is 5.26 Å². The van der Waals surface area contributed by atoms with E-state index in [0.717, 1.165) is 0 Å². The highest BCUT2D eigenvalue weighted by atomic mass is 32.2. The first-order valence-electron chi connectivity index (χ1n) is 5.57. The molecule has 0 saturated heterocycles. The van der Waals surface area contributed by atoms with Crippen molar-refractivity contribution in [3.05, 3.63) is 5.56 Å². The Morgan fingerprint density at radius 1 is 1.42 bits per heavy atom. The lowest BCUT2D eigenvalue weighted by molar-refractivity contribution is -0.123. The number of carbonyl (C=O) groups excluding carboxylic acids is 1. The maximum absolute atomic E-state index is 11.9. The van der Waals surface area contributed by atoms with Gasteiger partial charge in [-0.25, -0.2) is 9.97 Å². The largest absolute Gasteiger partial charge is 0.382 e. The van der Waals surface area contributed by atoms with Crippen molar-refractivity contribution >= 4 is 35.1 Å². The summed E-state index contributed by atoms with van der Waals surface area (Å²) in [7, 11) is 0. The minimum Gasteiger partial charge on any atom is -0.382 e. The van der Waals surface area contributed by atoms with Crippen LogP contribution in [0, 0.1) is 16.7 Å². The van der Waals surface area contributed by atoms with E-state index in [4.69, 9.17) is 11.0 Å². The molecule has 0 aliphatic rings. The highest BCUT2D eigenvalue weighted by Gasteiger charge is 2.22. The number of aromatic nitrogens is 2. The molecule has 102 valence electrons. The minimum atomic E-state index is -0.402. The zero-order chi connectivity index (χ0) is 14.6. The lowest BCUT2D eigenvalue weighted by atomic mass is 9.92. The van der Waals surface area contributed by atoms with Gasteiger partial charge in [0.05, 0.1) is 5.75 Å². The van der Waals surface area contributed by atoms with Crippen molar-refractivity contribution in [1.82, 2.24) is 9.97 Å². The quantitative estimate of drug-likeness (QED) is 0.518. The third-order valence-corrected chi connectivity index (χ3v) is 3.88. The number of hydrogen-bond acceptors (Lipinski definition) is 7. The van der Waals surface area contributed by atoms with Gasteiger partial charge in [0.15, 0.2) is 5.16 Å². The number of nitriles is 1. The van der Waals surface area contributed by atoms with Crippen LogP contribution in [-0.4, -0.2) is 27.8 Å². The van der Waals surface area contributed by atoms with Gasteiger partial charge in [0.1, 0.15) is 28.3 Å². The second kappa shape index (κ2) is 6.26. The molecule has 5 nitrogen and oxygen atoms in total. The number of Topliss-reactive ketones (excluding diaryl/α,β-unsaturated/α-hetero) is 1. The van der Waals surface area contributed by atoms with Crippen LogP contribution >= 0.6 is 23.5 Å². The maximum Gasteiger partial charge on any atom is 0.190 e. The predicted octanol–water partition coefficient (Wildman–Crippen LogP) is 2.36. The van der Waals surface area contributed by atoms with E-state index in [1.807, 2.05) is 33.1 Å². The molecule has 0 saturated carbocycles. The van der Waals surface area contributed by atoms with E-state index in [1.54, 1.807) is 0 Å². The molecule has 1 aromatic heterocycles. The summed E-state index contributed by atoms with van der Waals surface area (Å²) in [6.07, 6.45) is 1.83. The van der Waals surface area contributed by atoms with Crippen molar-refractivity contribution in [3.8, 4) is 6.07 Å². The normalized spacial score (nSPS) is 11.1. The predicted molar refractivity (Wildman–Crippen MR) is 78.1 cm³/mol. The molecule has 0 fully saturated rings. The Hall–Kier alpha value is -1.26. The summed E-state index contributed by atoms with van der Waals surface area (Å²) >= 11 is 2.58. The number of nitrogens with zero attached hydrogens (tertiary/aromatic N) is 3. The third kappa shape index (κ3) is 4.11. The Kier molecular flexibility index (Phi) is 5.20. The molecule has 1 heterocycles. The van der Waals surface area contributed by atoms with Crippen molar-refractivity contribution in [2.24, 2.45) is 5.41 Å². The van der Waals surface area contributed by atoms with Crippen LogP contribution in [0.15, 0.2) is 10.2 Å². The molecule has 1 rings (SSSR count). The molecule has 0 aliphatic heterocycles. The van der Waals surface area contributed by atoms with Gasteiger partial charge in [0.2, 0.25) is 0 Å². The number of ketones is 1. The molecule has 0 unspecified atom stereocenters. The lowest BCUT2D eigenvalue weighted by Gasteiger charge is -2.16. The van der Waals surface area contributed by atoms with Gasteiger partial charge in [-0.05, 0) is 6.26 Å². The third-order valence-electron chi connectivity index (χ3n) is 2.35. The maximum atomic E-state index is 11.9. The zero-order valence-electron chi connectivity index (χ0n) is 11.4. The first-order chi connectivity index (χ1) is 8.79. The van der Waals surface area contributed by atoms with Gasteiger partial charge in [-0.1, -0.05) is 44.3 Å². The van der Waals surface area contributed by atoms with E-state index in [2.05, 4.69) is 9.97 Å². The van der Waals surface area contributed by atoms with Crippen LogP contribution in [0.2, 0.25) is 0 Å². The van der Waals surface area contributed by atoms with Crippen LogP contribution in [0.1, 0.15) is 26.3 Å². The average molecular weight is 296 g/mol. The highest BCUT2D eigenvalue weighted by molar-refractivity contribution is 8.00. The Bertz CT molecular complexity index is 532. The molecule has 19 heavy (non-hydrogen) atoms. The Morgan fingerprint density at radius 2 is 2.05 bits per heavy atom. The average Bonchev–Trinajstić information content (AvgIpc) is 2.33. The summed E-state index contributed by atoms with van der Waals surface area (Å²) in [4.78, 5) is 20.1. The number of carbonyl (C=O) groups is 1. The monoisotopic (exact) mass is 296 g/mol. The van der Waals surface area contributed by atoms with E-state index in [0.29, 0.717) is 10.2 Å². The molecule has 0 bridgehead atoms. The number of thioether (sulfide) groups is 2. The number of rotatable bonds is 4. The summed E-state index contributed by atoms with van der Waals surface area (Å²) in [5.41, 5.74) is 5.55. The van der Waals surface area contributed by atoms with Gasteiger partial charge < -0.3 is 5.73 Å². The molecule has 0 radical (unpaired) electrons. The van der Waals surface area contributed by atoms with E-state index in [9.17, 15) is 4.79 Å². The number of hydrogen-bond donors (Lipinski definition) is 1. The molecule has 0 aliphatic carbocycles. The van der Waals surface area contributed by atoms with E-state index < -0.39 is 5.41 Å². The van der Waals surface area contributed by atoms with Crippen LogP contribution in [0.5, 0.6) is 0 Å². The van der Waals surface area contributed by atoms with Crippen LogP contribution in [-0.2, 0) is 4.79 Å². The SMILES string of the molecule is CSc1nc(N)c(C#N)c(SCC(=O)C(C)(C)C)n1. The molecular weight excluding hydrogens is 280 g/mol. The fourth-order valence-electron chi connectivity index (χ4n) is 1.09. The summed E-state index contributed by atoms with van der Waals surface area (Å²) in [6.45, 7) is 5.59. The summed E-state index contributed by atoms with van der Waals surface area (Å²) < 4.78 is 0. The molecular formula is C12H16N4OS2. The van der Waals surface area contributed by atoms with Crippen LogP contribution < -0.4 is 5.73 Å². The Morgan fingerprint density at radius 3 is 2.53 bits per heavy atom. The molecule has 7 heteroatoms. The molecule has 2 N–H and O–H groups in total. The van der Waals surface area contributed by atoms with Gasteiger partial charge in [0, 0.05) is 5.41 Å². The first-order valence-corrected chi connectivity index (χ1v) is 7.78. The number of anilines is 1. The minimum absolute atomic E-state index is 0.101. The van der Waals surface area contributed by atoms with Crippen LogP contribution in [0.4, 0.5) is 5.82 Å². The Balaban J connectivity index is 2.98. The van der Waals surface area contributed by atoms with Crippen molar-refractivity contribution < 1.29 is 4.79 Å². The molecule has 0 amide bonds. The number of nitrogens with two attached hydrogens (primary N) is 1. The van der Waals surface area contributed by atoms with Crippen molar-refractivity contribution in [2.45, 2.75) is 31.0 Å². The molecule has 0 atom stereocenters. The van der Waals surface area contributed by atoms with Crippen molar-refractivity contribution in [3.63, 3.8) is 0 Å². The lowest BCUT2D eigenvalue weighted by Crippen LogP contribution is -2.22. The van der Waals surface area contributed by atoms with Crippen molar-refractivity contribution in [2.75, 3.05) is 17.7 Å². The second-order valence-corrected chi connectivity index (χ2v) is 6.59. The van der Waals surface area contributed by atoms with Gasteiger partial charge in [-0.15, -0.1) is 0 Å². The second-order valence-electron chi connectivity index (χ2n) is 4.85. The smallest absolute Gasteiger partial charge is 0.190 e. The fourth-order valence-corrected chi connectivity index (χ4v) is 2.66. The molecule has 0 aromatic carbocycles. The topological polar surface area (TPSA) is 92.7 Å². The summed E-state index contributed by atoms with van der Waals surface area (Å²) in [5.74, 6) is 0.527. The van der Waals surface area contributed by atoms with Crippen molar-refractivity contribution in [1.29, 1.82) is 5.26 Å². The fraction of sp³-hybridized carbons (Fsp3) is 0.500. The summed E-state index contributed by atoms with van der Waals surface area (Å²) in [6, 6.07) is 1.99. The van der Waals surface area contributed by atoms with Gasteiger partial charge in [-0.3, -0.25) is 4.79 Å². The van der Waals surface area contributed by atoms with Gasteiger partial charge in [0.25, 0.3) is 0 Å². The standard InChI is InChI=1S/C12H16N4OS2/c1-12(2,3)8(17)6-19-10-7(5-13)9(14)15-11(16-10)18-4/h6H2,1-4H3,(H2,14,15,16).